The SMILES string of the molecule is C=C(OC(C)(C)C)N1CCN(CCCc2cc(C(=O)OC)cc(C(=O)OC)c2)CC1. The molecule has 1 fully saturated rings. The van der Waals surface area contributed by atoms with Crippen LogP contribution in [0.15, 0.2) is 30.7 Å². The molecule has 1 aliphatic heterocycles. The first-order valence-corrected chi connectivity index (χ1v) is 10.3. The number of carbonyl (C=O) groups excluding carboxylic acids is 2. The monoisotopic (exact) mass is 418 g/mol. The largest absolute Gasteiger partial charge is 0.474 e. The first-order chi connectivity index (χ1) is 14.1. The van der Waals surface area contributed by atoms with Crippen molar-refractivity contribution in [2.24, 2.45) is 0 Å². The predicted octanol–water partition coefficient (Wildman–Crippen LogP) is 3.10. The van der Waals surface area contributed by atoms with Crippen LogP contribution in [-0.2, 0) is 20.6 Å². The van der Waals surface area contributed by atoms with Gasteiger partial charge in [-0.2, -0.15) is 0 Å². The molecule has 30 heavy (non-hydrogen) atoms. The zero-order chi connectivity index (χ0) is 22.3. The molecule has 1 aromatic carbocycles. The fourth-order valence-corrected chi connectivity index (χ4v) is 3.45. The van der Waals surface area contributed by atoms with Crippen molar-refractivity contribution in [3.05, 3.63) is 47.4 Å². The number of hydrogen-bond donors (Lipinski definition) is 0. The van der Waals surface area contributed by atoms with Gasteiger partial charge in [-0.05, 0) is 70.5 Å². The van der Waals surface area contributed by atoms with Gasteiger partial charge in [-0.15, -0.1) is 0 Å². The lowest BCUT2D eigenvalue weighted by molar-refractivity contribution is -0.00970. The molecule has 1 aliphatic rings. The van der Waals surface area contributed by atoms with Crippen molar-refractivity contribution >= 4 is 11.9 Å². The van der Waals surface area contributed by atoms with Crippen molar-refractivity contribution in [2.75, 3.05) is 46.9 Å². The summed E-state index contributed by atoms with van der Waals surface area (Å²) >= 11 is 0. The lowest BCUT2D eigenvalue weighted by Crippen LogP contribution is -2.47. The van der Waals surface area contributed by atoms with Gasteiger partial charge in [0.2, 0.25) is 0 Å². The smallest absolute Gasteiger partial charge is 0.337 e. The number of ether oxygens (including phenoxy) is 3. The molecule has 0 atom stereocenters. The standard InChI is InChI=1S/C23H34N2O5/c1-17(30-23(2,3)4)25-12-10-24(11-13-25)9-7-8-18-14-19(21(26)28-5)16-20(15-18)22(27)29-6/h14-16H,1,7-13H2,2-6H3. The molecule has 1 aromatic rings. The van der Waals surface area contributed by atoms with E-state index in [1.54, 1.807) is 12.1 Å². The Bertz CT molecular complexity index is 727. The van der Waals surface area contributed by atoms with E-state index in [9.17, 15) is 9.59 Å². The number of nitrogens with zero attached hydrogens (tertiary/aromatic N) is 2. The van der Waals surface area contributed by atoms with Crippen LogP contribution in [-0.4, -0.2) is 74.3 Å². The van der Waals surface area contributed by atoms with Gasteiger partial charge in [-0.3, -0.25) is 4.90 Å². The second kappa shape index (κ2) is 10.5. The van der Waals surface area contributed by atoms with E-state index in [0.717, 1.165) is 57.0 Å². The summed E-state index contributed by atoms with van der Waals surface area (Å²) in [6.07, 6.45) is 1.68. The molecule has 0 spiro atoms. The second-order valence-corrected chi connectivity index (χ2v) is 8.44. The van der Waals surface area contributed by atoms with Crippen LogP contribution in [0.5, 0.6) is 0 Å². The Labute approximate surface area is 179 Å². The highest BCUT2D eigenvalue weighted by Gasteiger charge is 2.22. The van der Waals surface area contributed by atoms with Crippen LogP contribution < -0.4 is 0 Å². The van der Waals surface area contributed by atoms with Gasteiger partial charge < -0.3 is 19.1 Å². The Morgan fingerprint density at radius 3 is 1.97 bits per heavy atom. The number of methoxy groups -OCH3 is 2. The van der Waals surface area contributed by atoms with Crippen LogP contribution >= 0.6 is 0 Å². The molecule has 0 amide bonds. The fourth-order valence-electron chi connectivity index (χ4n) is 3.45. The van der Waals surface area contributed by atoms with Crippen LogP contribution in [0.3, 0.4) is 0 Å². The lowest BCUT2D eigenvalue weighted by Gasteiger charge is -2.38. The summed E-state index contributed by atoms with van der Waals surface area (Å²) in [6.45, 7) is 14.7. The van der Waals surface area contributed by atoms with Gasteiger partial charge >= 0.3 is 11.9 Å². The maximum absolute atomic E-state index is 11.9. The number of esters is 2. The molecule has 0 aliphatic carbocycles. The highest BCUT2D eigenvalue weighted by Crippen LogP contribution is 2.18. The van der Waals surface area contributed by atoms with Crippen LogP contribution in [0.1, 0.15) is 53.5 Å². The Kier molecular flexibility index (Phi) is 8.29. The highest BCUT2D eigenvalue weighted by molar-refractivity contribution is 5.95. The van der Waals surface area contributed by atoms with Crippen molar-refractivity contribution in [2.45, 2.75) is 39.2 Å². The van der Waals surface area contributed by atoms with E-state index >= 15 is 0 Å². The van der Waals surface area contributed by atoms with Crippen molar-refractivity contribution in [3.8, 4) is 0 Å². The van der Waals surface area contributed by atoms with Crippen molar-refractivity contribution < 1.29 is 23.8 Å². The number of carbonyl (C=O) groups is 2. The number of benzene rings is 1. The van der Waals surface area contributed by atoms with E-state index in [4.69, 9.17) is 14.2 Å². The van der Waals surface area contributed by atoms with Gasteiger partial charge in [0.05, 0.1) is 25.3 Å². The van der Waals surface area contributed by atoms with E-state index < -0.39 is 11.9 Å². The Hall–Kier alpha value is -2.54. The van der Waals surface area contributed by atoms with Gasteiger partial charge in [0, 0.05) is 26.2 Å². The zero-order valence-corrected chi connectivity index (χ0v) is 18.8. The molecule has 166 valence electrons. The third kappa shape index (κ3) is 7.06. The van der Waals surface area contributed by atoms with Crippen LogP contribution in [0.25, 0.3) is 0 Å². The minimum Gasteiger partial charge on any atom is -0.474 e. The quantitative estimate of drug-likeness (QED) is 0.475. The molecule has 1 saturated heterocycles. The van der Waals surface area contributed by atoms with E-state index in [1.165, 1.54) is 20.3 Å². The van der Waals surface area contributed by atoms with Crippen molar-refractivity contribution in [1.29, 1.82) is 0 Å². The zero-order valence-electron chi connectivity index (χ0n) is 18.8. The molecule has 0 N–H and O–H groups in total. The highest BCUT2D eigenvalue weighted by atomic mass is 16.5. The first-order valence-electron chi connectivity index (χ1n) is 10.3. The van der Waals surface area contributed by atoms with Gasteiger partial charge in [0.15, 0.2) is 5.88 Å². The summed E-state index contributed by atoms with van der Waals surface area (Å²) in [5.41, 5.74) is 1.40. The van der Waals surface area contributed by atoms with E-state index in [1.807, 2.05) is 20.8 Å². The van der Waals surface area contributed by atoms with Crippen LogP contribution in [0.2, 0.25) is 0 Å². The molecule has 0 unspecified atom stereocenters. The maximum atomic E-state index is 11.9. The molecule has 1 heterocycles. The number of aryl methyl sites for hydroxylation is 1. The minimum absolute atomic E-state index is 0.240. The molecule has 0 aromatic heterocycles. The Morgan fingerprint density at radius 1 is 0.967 bits per heavy atom. The molecule has 7 nitrogen and oxygen atoms in total. The molecular formula is C23H34N2O5. The molecule has 0 saturated carbocycles. The molecule has 0 radical (unpaired) electrons. The molecule has 0 bridgehead atoms. The van der Waals surface area contributed by atoms with Crippen molar-refractivity contribution in [3.63, 3.8) is 0 Å². The number of piperazine rings is 1. The van der Waals surface area contributed by atoms with E-state index in [-0.39, 0.29) is 5.60 Å². The predicted molar refractivity (Wildman–Crippen MR) is 115 cm³/mol. The normalized spacial score (nSPS) is 14.9. The van der Waals surface area contributed by atoms with E-state index in [2.05, 4.69) is 16.4 Å². The summed E-state index contributed by atoms with van der Waals surface area (Å²) in [5.74, 6) is -0.191. The number of rotatable bonds is 8. The molecule has 2 rings (SSSR count). The van der Waals surface area contributed by atoms with Gasteiger partial charge in [-0.25, -0.2) is 9.59 Å². The summed E-state index contributed by atoms with van der Waals surface area (Å²) in [7, 11) is 2.65. The summed E-state index contributed by atoms with van der Waals surface area (Å²) in [6, 6.07) is 5.07. The summed E-state index contributed by atoms with van der Waals surface area (Å²) < 4.78 is 15.5. The summed E-state index contributed by atoms with van der Waals surface area (Å²) in [4.78, 5) is 28.4. The number of hydrogen-bond acceptors (Lipinski definition) is 7. The maximum Gasteiger partial charge on any atom is 0.337 e. The fraction of sp³-hybridized carbons (Fsp3) is 0.565. The summed E-state index contributed by atoms with van der Waals surface area (Å²) in [5, 5.41) is 0. The van der Waals surface area contributed by atoms with E-state index in [0.29, 0.717) is 11.1 Å². The molecule has 7 heteroatoms. The van der Waals surface area contributed by atoms with Gasteiger partial charge in [0.25, 0.3) is 0 Å². The third-order valence-corrected chi connectivity index (χ3v) is 4.92. The van der Waals surface area contributed by atoms with Crippen molar-refractivity contribution in [1.82, 2.24) is 9.80 Å². The van der Waals surface area contributed by atoms with Gasteiger partial charge in [-0.1, -0.05) is 0 Å². The second-order valence-electron chi connectivity index (χ2n) is 8.44. The van der Waals surface area contributed by atoms with Gasteiger partial charge in [0.1, 0.15) is 5.60 Å². The average Bonchev–Trinajstić information content (AvgIpc) is 2.71. The topological polar surface area (TPSA) is 68.3 Å². The first kappa shape index (κ1) is 23.7. The minimum atomic E-state index is -0.462. The Balaban J connectivity index is 1.88. The third-order valence-electron chi connectivity index (χ3n) is 4.92. The van der Waals surface area contributed by atoms with Crippen LogP contribution in [0.4, 0.5) is 0 Å². The molecular weight excluding hydrogens is 384 g/mol. The lowest BCUT2D eigenvalue weighted by atomic mass is 10.0. The average molecular weight is 419 g/mol. The Morgan fingerprint density at radius 2 is 1.50 bits per heavy atom. The van der Waals surface area contributed by atoms with Crippen LogP contribution in [0, 0.1) is 0 Å².